The van der Waals surface area contributed by atoms with Crippen molar-refractivity contribution in [3.05, 3.63) is 48.0 Å². The van der Waals surface area contributed by atoms with E-state index in [2.05, 4.69) is 42.8 Å². The minimum Gasteiger partial charge on any atom is -0.378 e. The molecule has 11 nitrogen and oxygen atoms in total. The van der Waals surface area contributed by atoms with Gasteiger partial charge in [0, 0.05) is 37.8 Å². The highest BCUT2D eigenvalue weighted by molar-refractivity contribution is 5.94. The van der Waals surface area contributed by atoms with E-state index in [1.807, 2.05) is 26.0 Å². The van der Waals surface area contributed by atoms with Gasteiger partial charge in [-0.05, 0) is 31.5 Å². The van der Waals surface area contributed by atoms with E-state index in [1.54, 1.807) is 18.2 Å². The van der Waals surface area contributed by atoms with Gasteiger partial charge in [0.05, 0.1) is 26.4 Å². The molecule has 1 heterocycles. The maximum atomic E-state index is 12.3. The molecule has 0 saturated carbocycles. The van der Waals surface area contributed by atoms with Crippen molar-refractivity contribution in [3.8, 4) is 0 Å². The zero-order chi connectivity index (χ0) is 24.6. The summed E-state index contributed by atoms with van der Waals surface area (Å²) in [6, 6.07) is 7.52. The molecular weight excluding hydrogens is 436 g/mol. The Hall–Kier alpha value is -3.28. The molecular formula is C23H36N8O3. The Labute approximate surface area is 200 Å². The van der Waals surface area contributed by atoms with Crippen molar-refractivity contribution in [1.29, 1.82) is 0 Å². The van der Waals surface area contributed by atoms with E-state index in [4.69, 9.17) is 15.2 Å². The Kier molecular flexibility index (Phi) is 12.3. The molecule has 186 valence electrons. The Morgan fingerprint density at radius 3 is 2.29 bits per heavy atom. The third kappa shape index (κ3) is 10.6. The largest absolute Gasteiger partial charge is 0.378 e. The number of hydrogen-bond acceptors (Lipinski definition) is 10. The molecule has 1 aromatic heterocycles. The lowest BCUT2D eigenvalue weighted by Crippen LogP contribution is -2.27. The van der Waals surface area contributed by atoms with Crippen LogP contribution in [-0.2, 0) is 16.0 Å². The van der Waals surface area contributed by atoms with Crippen LogP contribution < -0.4 is 27.0 Å². The van der Waals surface area contributed by atoms with E-state index in [-0.39, 0.29) is 11.9 Å². The average molecular weight is 473 g/mol. The van der Waals surface area contributed by atoms with E-state index >= 15 is 0 Å². The Balaban J connectivity index is 1.81. The smallest absolute Gasteiger partial charge is 0.251 e. The fourth-order valence-corrected chi connectivity index (χ4v) is 2.72. The first-order valence-electron chi connectivity index (χ1n) is 11.4. The summed E-state index contributed by atoms with van der Waals surface area (Å²) in [5.74, 6) is 1.24. The van der Waals surface area contributed by atoms with Crippen LogP contribution in [-0.4, -0.2) is 73.0 Å². The highest BCUT2D eigenvalue weighted by atomic mass is 16.5. The Bertz CT molecular complexity index is 877. The number of nitrogens with one attached hydrogen (secondary N) is 4. The van der Waals surface area contributed by atoms with Crippen molar-refractivity contribution in [3.63, 3.8) is 0 Å². The average Bonchev–Trinajstić information content (AvgIpc) is 2.82. The monoisotopic (exact) mass is 472 g/mol. The predicted molar refractivity (Wildman–Crippen MR) is 134 cm³/mol. The highest BCUT2D eigenvalue weighted by Gasteiger charge is 2.08. The molecule has 2 aromatic rings. The number of rotatable bonds is 17. The van der Waals surface area contributed by atoms with Crippen molar-refractivity contribution >= 4 is 23.8 Å². The molecule has 1 aromatic carbocycles. The molecule has 0 aliphatic carbocycles. The summed E-state index contributed by atoms with van der Waals surface area (Å²) in [5.41, 5.74) is 6.90. The number of carbonyl (C=O) groups excluding carboxylic acids is 1. The maximum Gasteiger partial charge on any atom is 0.251 e. The van der Waals surface area contributed by atoms with Crippen molar-refractivity contribution in [1.82, 2.24) is 20.3 Å². The van der Waals surface area contributed by atoms with Gasteiger partial charge in [-0.1, -0.05) is 18.2 Å². The van der Waals surface area contributed by atoms with Crippen LogP contribution in [0.5, 0.6) is 0 Å². The van der Waals surface area contributed by atoms with Gasteiger partial charge in [-0.2, -0.15) is 15.0 Å². The van der Waals surface area contributed by atoms with E-state index < -0.39 is 0 Å². The summed E-state index contributed by atoms with van der Waals surface area (Å²) in [6.07, 6.45) is 1.73. The number of nitrogens with two attached hydrogens (primary N) is 1. The third-order valence-electron chi connectivity index (χ3n) is 4.29. The molecule has 0 fully saturated rings. The number of amides is 1. The van der Waals surface area contributed by atoms with Gasteiger partial charge in [-0.25, -0.2) is 0 Å². The number of ether oxygens (including phenoxy) is 2. The number of nitrogens with zero attached hydrogens (tertiary/aromatic N) is 3. The summed E-state index contributed by atoms with van der Waals surface area (Å²) in [6.45, 7) is 11.6. The van der Waals surface area contributed by atoms with Crippen LogP contribution in [0.4, 0.5) is 17.8 Å². The van der Waals surface area contributed by atoms with Crippen LogP contribution >= 0.6 is 0 Å². The fourth-order valence-electron chi connectivity index (χ4n) is 2.72. The van der Waals surface area contributed by atoms with Gasteiger partial charge < -0.3 is 36.5 Å². The lowest BCUT2D eigenvalue weighted by molar-refractivity contribution is 0.0511. The number of aromatic nitrogens is 3. The predicted octanol–water partition coefficient (Wildman–Crippen LogP) is 1.62. The first-order valence-corrected chi connectivity index (χ1v) is 11.4. The van der Waals surface area contributed by atoms with Crippen LogP contribution in [0.2, 0.25) is 0 Å². The van der Waals surface area contributed by atoms with Crippen molar-refractivity contribution < 1.29 is 14.3 Å². The molecule has 1 amide bonds. The van der Waals surface area contributed by atoms with E-state index in [0.29, 0.717) is 76.0 Å². The molecule has 0 spiro atoms. The Morgan fingerprint density at radius 1 is 1.00 bits per heavy atom. The van der Waals surface area contributed by atoms with Gasteiger partial charge in [-0.3, -0.25) is 4.79 Å². The second-order valence-corrected chi connectivity index (χ2v) is 7.59. The van der Waals surface area contributed by atoms with Crippen molar-refractivity contribution in [2.24, 2.45) is 5.73 Å². The standard InChI is InChI=1S/C23H36N8O3/c1-4-10-26-21-29-22(31-23(30-21)28-17(2)3)27-16-18-5-7-19(8-6-18)20(32)25-11-13-34-15-14-33-12-9-24/h4-8,17H,1,9-16,24H2,2-3H3,(H,25,32)(H3,26,27,28,29,30,31). The summed E-state index contributed by atoms with van der Waals surface area (Å²) >= 11 is 0. The van der Waals surface area contributed by atoms with Gasteiger partial charge >= 0.3 is 0 Å². The first kappa shape index (κ1) is 27.0. The van der Waals surface area contributed by atoms with Crippen molar-refractivity contribution in [2.45, 2.75) is 26.4 Å². The van der Waals surface area contributed by atoms with Crippen LogP contribution in [0.25, 0.3) is 0 Å². The zero-order valence-corrected chi connectivity index (χ0v) is 20.0. The molecule has 6 N–H and O–H groups in total. The van der Waals surface area contributed by atoms with Gasteiger partial charge in [0.25, 0.3) is 5.91 Å². The molecule has 0 atom stereocenters. The lowest BCUT2D eigenvalue weighted by Gasteiger charge is -2.12. The molecule has 0 radical (unpaired) electrons. The zero-order valence-electron chi connectivity index (χ0n) is 20.0. The molecule has 0 unspecified atom stereocenters. The second-order valence-electron chi connectivity index (χ2n) is 7.59. The molecule has 0 saturated heterocycles. The topological polar surface area (TPSA) is 148 Å². The van der Waals surface area contributed by atoms with Gasteiger partial charge in [-0.15, -0.1) is 6.58 Å². The minimum absolute atomic E-state index is 0.151. The lowest BCUT2D eigenvalue weighted by atomic mass is 10.1. The first-order chi connectivity index (χ1) is 16.5. The molecule has 0 aliphatic heterocycles. The number of anilines is 3. The summed E-state index contributed by atoms with van der Waals surface area (Å²) < 4.78 is 10.6. The molecule has 0 bridgehead atoms. The Morgan fingerprint density at radius 2 is 1.65 bits per heavy atom. The van der Waals surface area contributed by atoms with Crippen LogP contribution in [0, 0.1) is 0 Å². The number of benzene rings is 1. The number of hydrogen-bond donors (Lipinski definition) is 5. The minimum atomic E-state index is -0.151. The van der Waals surface area contributed by atoms with Gasteiger partial charge in [0.15, 0.2) is 0 Å². The van der Waals surface area contributed by atoms with Crippen LogP contribution in [0.15, 0.2) is 36.9 Å². The summed E-state index contributed by atoms with van der Waals surface area (Å²) in [5, 5.41) is 12.3. The summed E-state index contributed by atoms with van der Waals surface area (Å²) in [7, 11) is 0. The maximum absolute atomic E-state index is 12.3. The van der Waals surface area contributed by atoms with E-state index in [9.17, 15) is 4.79 Å². The number of carbonyl (C=O) groups is 1. The molecule has 34 heavy (non-hydrogen) atoms. The third-order valence-corrected chi connectivity index (χ3v) is 4.29. The molecule has 0 aliphatic rings. The summed E-state index contributed by atoms with van der Waals surface area (Å²) in [4.78, 5) is 25.4. The van der Waals surface area contributed by atoms with Crippen molar-refractivity contribution in [2.75, 3.05) is 62.0 Å². The normalized spacial score (nSPS) is 10.7. The quantitative estimate of drug-likeness (QED) is 0.170. The van der Waals surface area contributed by atoms with Gasteiger partial charge in [0.1, 0.15) is 0 Å². The SMILES string of the molecule is C=CCNc1nc(NCc2ccc(C(=O)NCCOCCOCCN)cc2)nc(NC(C)C)n1. The fraction of sp³-hybridized carbons (Fsp3) is 0.478. The van der Waals surface area contributed by atoms with Gasteiger partial charge in [0.2, 0.25) is 17.8 Å². The highest BCUT2D eigenvalue weighted by Crippen LogP contribution is 2.12. The molecule has 11 heteroatoms. The van der Waals surface area contributed by atoms with E-state index in [0.717, 1.165) is 5.56 Å². The van der Waals surface area contributed by atoms with E-state index in [1.165, 1.54) is 0 Å². The van der Waals surface area contributed by atoms with Crippen LogP contribution in [0.3, 0.4) is 0 Å². The molecule has 2 rings (SSSR count). The van der Waals surface area contributed by atoms with Crippen LogP contribution in [0.1, 0.15) is 29.8 Å². The second kappa shape index (κ2) is 15.5.